The van der Waals surface area contributed by atoms with Gasteiger partial charge in [-0.15, -0.1) is 0 Å². The molecule has 2 rings (SSSR count). The second-order valence-electron chi connectivity index (χ2n) is 2.66. The third kappa shape index (κ3) is 1.29. The van der Waals surface area contributed by atoms with E-state index in [4.69, 9.17) is 9.47 Å². The van der Waals surface area contributed by atoms with Crippen molar-refractivity contribution < 1.29 is 9.47 Å². The molecule has 0 bridgehead atoms. The molecule has 1 atom stereocenters. The Bertz CT molecular complexity index is 275. The molecule has 0 aromatic heterocycles. The third-order valence-electron chi connectivity index (χ3n) is 1.83. The third-order valence-corrected chi connectivity index (χ3v) is 1.83. The molecular weight excluding hydrogens is 154 g/mol. The lowest BCUT2D eigenvalue weighted by molar-refractivity contribution is -0.123. The number of hydrogen-bond donors (Lipinski definition) is 1. The smallest absolute Gasteiger partial charge is 0.259 e. The van der Waals surface area contributed by atoms with Gasteiger partial charge in [0.1, 0.15) is 5.75 Å². The predicted molar refractivity (Wildman–Crippen MR) is 44.7 cm³/mol. The SMILES string of the molecule is CNC1OCc2ccccc2O1. The molecule has 12 heavy (non-hydrogen) atoms. The average Bonchev–Trinajstić information content (AvgIpc) is 2.17. The van der Waals surface area contributed by atoms with Crippen molar-refractivity contribution >= 4 is 0 Å². The lowest BCUT2D eigenvalue weighted by Gasteiger charge is -2.25. The fourth-order valence-corrected chi connectivity index (χ4v) is 1.20. The molecule has 0 amide bonds. The molecule has 1 aliphatic rings. The van der Waals surface area contributed by atoms with Gasteiger partial charge in [0.25, 0.3) is 6.41 Å². The van der Waals surface area contributed by atoms with Gasteiger partial charge in [-0.2, -0.15) is 0 Å². The van der Waals surface area contributed by atoms with Gasteiger partial charge in [0, 0.05) is 5.56 Å². The van der Waals surface area contributed by atoms with E-state index >= 15 is 0 Å². The lowest BCUT2D eigenvalue weighted by atomic mass is 10.2. The highest BCUT2D eigenvalue weighted by Gasteiger charge is 2.16. The molecule has 1 unspecified atom stereocenters. The highest BCUT2D eigenvalue weighted by atomic mass is 16.7. The number of nitrogens with one attached hydrogen (secondary N) is 1. The fraction of sp³-hybridized carbons (Fsp3) is 0.333. The summed E-state index contributed by atoms with van der Waals surface area (Å²) in [6.07, 6.45) is -0.306. The van der Waals surface area contributed by atoms with Gasteiger partial charge in [-0.25, -0.2) is 0 Å². The molecule has 3 heteroatoms. The van der Waals surface area contributed by atoms with Crippen LogP contribution in [0.1, 0.15) is 5.56 Å². The van der Waals surface area contributed by atoms with Gasteiger partial charge in [-0.1, -0.05) is 18.2 Å². The van der Waals surface area contributed by atoms with E-state index in [0.717, 1.165) is 11.3 Å². The number of rotatable bonds is 1. The highest BCUT2D eigenvalue weighted by molar-refractivity contribution is 5.33. The van der Waals surface area contributed by atoms with Crippen molar-refractivity contribution in [2.24, 2.45) is 0 Å². The molecule has 0 saturated heterocycles. The predicted octanol–water partition coefficient (Wildman–Crippen LogP) is 1.10. The molecule has 64 valence electrons. The quantitative estimate of drug-likeness (QED) is 0.676. The first kappa shape index (κ1) is 7.58. The van der Waals surface area contributed by atoms with E-state index < -0.39 is 0 Å². The van der Waals surface area contributed by atoms with Crippen LogP contribution in [-0.4, -0.2) is 13.5 Å². The highest BCUT2D eigenvalue weighted by Crippen LogP contribution is 2.24. The largest absolute Gasteiger partial charge is 0.451 e. The minimum absolute atomic E-state index is 0.306. The molecule has 0 fully saturated rings. The van der Waals surface area contributed by atoms with Gasteiger partial charge in [-0.05, 0) is 13.1 Å². The van der Waals surface area contributed by atoms with Crippen molar-refractivity contribution in [2.75, 3.05) is 7.05 Å². The molecule has 3 nitrogen and oxygen atoms in total. The van der Waals surface area contributed by atoms with Crippen LogP contribution in [-0.2, 0) is 11.3 Å². The van der Waals surface area contributed by atoms with Crippen molar-refractivity contribution in [2.45, 2.75) is 13.0 Å². The van der Waals surface area contributed by atoms with Crippen molar-refractivity contribution in [3.63, 3.8) is 0 Å². The Morgan fingerprint density at radius 2 is 2.25 bits per heavy atom. The van der Waals surface area contributed by atoms with Gasteiger partial charge in [0.2, 0.25) is 0 Å². The molecule has 0 saturated carbocycles. The molecule has 1 aromatic carbocycles. The summed E-state index contributed by atoms with van der Waals surface area (Å²) in [5.74, 6) is 0.906. The van der Waals surface area contributed by atoms with Crippen molar-refractivity contribution in [1.29, 1.82) is 0 Å². The van der Waals surface area contributed by atoms with Crippen LogP contribution in [0.15, 0.2) is 24.3 Å². The van der Waals surface area contributed by atoms with Crippen LogP contribution in [0.4, 0.5) is 0 Å². The van der Waals surface area contributed by atoms with Crippen LogP contribution in [0.2, 0.25) is 0 Å². The second kappa shape index (κ2) is 3.13. The van der Waals surface area contributed by atoms with Crippen molar-refractivity contribution in [3.05, 3.63) is 29.8 Å². The Hall–Kier alpha value is -1.06. The Kier molecular flexibility index (Phi) is 1.98. The van der Waals surface area contributed by atoms with Crippen LogP contribution in [0.5, 0.6) is 5.75 Å². The molecule has 0 aliphatic carbocycles. The summed E-state index contributed by atoms with van der Waals surface area (Å²) >= 11 is 0. The fourth-order valence-electron chi connectivity index (χ4n) is 1.20. The Morgan fingerprint density at radius 3 is 3.08 bits per heavy atom. The van der Waals surface area contributed by atoms with Crippen molar-refractivity contribution in [1.82, 2.24) is 5.32 Å². The normalized spacial score (nSPS) is 21.2. The van der Waals surface area contributed by atoms with Gasteiger partial charge in [-0.3, -0.25) is 5.32 Å². The number of fused-ring (bicyclic) bond motifs is 1. The zero-order valence-electron chi connectivity index (χ0n) is 6.91. The first-order chi connectivity index (χ1) is 5.90. The molecule has 1 heterocycles. The molecule has 1 aliphatic heterocycles. The number of hydrogen-bond acceptors (Lipinski definition) is 3. The minimum Gasteiger partial charge on any atom is -0.451 e. The summed E-state index contributed by atoms with van der Waals surface area (Å²) in [4.78, 5) is 0. The number of ether oxygens (including phenoxy) is 2. The summed E-state index contributed by atoms with van der Waals surface area (Å²) in [5.41, 5.74) is 1.10. The van der Waals surface area contributed by atoms with E-state index in [1.165, 1.54) is 0 Å². The lowest BCUT2D eigenvalue weighted by Crippen LogP contribution is -2.36. The van der Waals surface area contributed by atoms with E-state index in [1.807, 2.05) is 24.3 Å². The van der Waals surface area contributed by atoms with E-state index in [0.29, 0.717) is 6.61 Å². The standard InChI is InChI=1S/C9H11NO2/c1-10-9-11-6-7-4-2-3-5-8(7)12-9/h2-5,9-10H,6H2,1H3. The molecular formula is C9H11NO2. The van der Waals surface area contributed by atoms with Crippen LogP contribution < -0.4 is 10.1 Å². The number of para-hydroxylation sites is 1. The Labute approximate surface area is 71.3 Å². The topological polar surface area (TPSA) is 30.5 Å². The van der Waals surface area contributed by atoms with Gasteiger partial charge < -0.3 is 9.47 Å². The second-order valence-corrected chi connectivity index (χ2v) is 2.66. The van der Waals surface area contributed by atoms with E-state index in [2.05, 4.69) is 5.32 Å². The maximum atomic E-state index is 5.45. The zero-order valence-corrected chi connectivity index (χ0v) is 6.91. The molecule has 1 N–H and O–H groups in total. The monoisotopic (exact) mass is 165 g/mol. The van der Waals surface area contributed by atoms with E-state index in [-0.39, 0.29) is 6.41 Å². The van der Waals surface area contributed by atoms with Gasteiger partial charge >= 0.3 is 0 Å². The van der Waals surface area contributed by atoms with E-state index in [1.54, 1.807) is 7.05 Å². The Balaban J connectivity index is 2.23. The summed E-state index contributed by atoms with van der Waals surface area (Å²) in [6.45, 7) is 0.613. The first-order valence-corrected chi connectivity index (χ1v) is 3.93. The minimum atomic E-state index is -0.306. The van der Waals surface area contributed by atoms with Crippen LogP contribution >= 0.6 is 0 Å². The zero-order chi connectivity index (χ0) is 8.39. The van der Waals surface area contributed by atoms with E-state index in [9.17, 15) is 0 Å². The number of benzene rings is 1. The van der Waals surface area contributed by atoms with Crippen LogP contribution in [0.25, 0.3) is 0 Å². The first-order valence-electron chi connectivity index (χ1n) is 3.93. The molecule has 1 aromatic rings. The van der Waals surface area contributed by atoms with Crippen LogP contribution in [0, 0.1) is 0 Å². The van der Waals surface area contributed by atoms with Gasteiger partial charge in [0.15, 0.2) is 0 Å². The van der Waals surface area contributed by atoms with Crippen molar-refractivity contribution in [3.8, 4) is 5.75 Å². The molecule has 0 radical (unpaired) electrons. The maximum absolute atomic E-state index is 5.45. The Morgan fingerprint density at radius 1 is 1.42 bits per heavy atom. The van der Waals surface area contributed by atoms with Gasteiger partial charge in [0.05, 0.1) is 6.61 Å². The summed E-state index contributed by atoms with van der Waals surface area (Å²) < 4.78 is 10.8. The summed E-state index contributed by atoms with van der Waals surface area (Å²) in [5, 5.41) is 2.90. The van der Waals surface area contributed by atoms with Crippen LogP contribution in [0.3, 0.4) is 0 Å². The molecule has 0 spiro atoms. The summed E-state index contributed by atoms with van der Waals surface area (Å²) in [7, 11) is 1.80. The summed E-state index contributed by atoms with van der Waals surface area (Å²) in [6, 6.07) is 7.88. The maximum Gasteiger partial charge on any atom is 0.259 e. The average molecular weight is 165 g/mol.